The molecule has 104 valence electrons. The lowest BCUT2D eigenvalue weighted by Gasteiger charge is -2.22. The lowest BCUT2D eigenvalue weighted by atomic mass is 10.0. The second-order valence-electron chi connectivity index (χ2n) is 4.98. The molecule has 0 heterocycles. The first-order chi connectivity index (χ1) is 9.58. The van der Waals surface area contributed by atoms with Crippen molar-refractivity contribution in [2.75, 3.05) is 11.9 Å². The van der Waals surface area contributed by atoms with Crippen LogP contribution in [0.3, 0.4) is 0 Å². The van der Waals surface area contributed by atoms with E-state index >= 15 is 0 Å². The first-order valence-electron chi connectivity index (χ1n) is 6.63. The number of rotatable bonds is 5. The van der Waals surface area contributed by atoms with E-state index in [0.717, 1.165) is 16.8 Å². The van der Waals surface area contributed by atoms with E-state index in [9.17, 15) is 4.79 Å². The zero-order valence-corrected chi connectivity index (χ0v) is 11.8. The van der Waals surface area contributed by atoms with Gasteiger partial charge in [-0.05, 0) is 29.7 Å². The number of para-hydroxylation sites is 1. The molecule has 0 atom stereocenters. The summed E-state index contributed by atoms with van der Waals surface area (Å²) in [4.78, 5) is 13.1. The molecule has 0 amide bonds. The SMILES string of the molecule is Cc1ccccc1N(C)Cc1ccccc1CC(=O)O. The summed E-state index contributed by atoms with van der Waals surface area (Å²) in [5, 5.41) is 8.97. The molecule has 1 N–H and O–H groups in total. The van der Waals surface area contributed by atoms with Gasteiger partial charge in [-0.1, -0.05) is 42.5 Å². The molecule has 3 heteroatoms. The van der Waals surface area contributed by atoms with E-state index in [1.807, 2.05) is 43.4 Å². The van der Waals surface area contributed by atoms with E-state index in [-0.39, 0.29) is 6.42 Å². The molecule has 0 spiro atoms. The third-order valence-corrected chi connectivity index (χ3v) is 3.39. The fourth-order valence-corrected chi connectivity index (χ4v) is 2.38. The molecule has 0 saturated heterocycles. The van der Waals surface area contributed by atoms with Gasteiger partial charge in [-0.15, -0.1) is 0 Å². The second kappa shape index (κ2) is 6.24. The van der Waals surface area contributed by atoms with Crippen molar-refractivity contribution in [1.29, 1.82) is 0 Å². The number of hydrogen-bond acceptors (Lipinski definition) is 2. The summed E-state index contributed by atoms with van der Waals surface area (Å²) in [7, 11) is 2.03. The Hall–Kier alpha value is -2.29. The molecule has 0 radical (unpaired) electrons. The van der Waals surface area contributed by atoms with Crippen LogP contribution in [0.15, 0.2) is 48.5 Å². The lowest BCUT2D eigenvalue weighted by molar-refractivity contribution is -0.136. The molecule has 0 aliphatic heterocycles. The normalized spacial score (nSPS) is 10.3. The van der Waals surface area contributed by atoms with Crippen LogP contribution < -0.4 is 4.90 Å². The Morgan fingerprint density at radius 2 is 1.65 bits per heavy atom. The Labute approximate surface area is 119 Å². The molecule has 0 unspecified atom stereocenters. The van der Waals surface area contributed by atoms with Crippen LogP contribution in [0.1, 0.15) is 16.7 Å². The maximum atomic E-state index is 10.9. The fourth-order valence-electron chi connectivity index (χ4n) is 2.38. The van der Waals surface area contributed by atoms with E-state index in [4.69, 9.17) is 5.11 Å². The minimum atomic E-state index is -0.795. The first-order valence-corrected chi connectivity index (χ1v) is 6.63. The maximum absolute atomic E-state index is 10.9. The largest absolute Gasteiger partial charge is 0.481 e. The predicted octanol–water partition coefficient (Wildman–Crippen LogP) is 3.26. The van der Waals surface area contributed by atoms with Crippen molar-refractivity contribution in [3.63, 3.8) is 0 Å². The van der Waals surface area contributed by atoms with Gasteiger partial charge in [0.15, 0.2) is 0 Å². The van der Waals surface area contributed by atoms with E-state index in [0.29, 0.717) is 6.54 Å². The molecule has 20 heavy (non-hydrogen) atoms. The number of carboxylic acid groups (broad SMARTS) is 1. The molecule has 0 fully saturated rings. The van der Waals surface area contributed by atoms with Gasteiger partial charge in [-0.25, -0.2) is 0 Å². The number of nitrogens with zero attached hydrogens (tertiary/aromatic N) is 1. The molecule has 0 aliphatic rings. The van der Waals surface area contributed by atoms with Crippen molar-refractivity contribution in [2.45, 2.75) is 19.9 Å². The highest BCUT2D eigenvalue weighted by Crippen LogP contribution is 2.21. The highest BCUT2D eigenvalue weighted by molar-refractivity contribution is 5.70. The summed E-state index contributed by atoms with van der Waals surface area (Å²) in [5.41, 5.74) is 4.31. The van der Waals surface area contributed by atoms with Gasteiger partial charge in [0.2, 0.25) is 0 Å². The molecule has 2 aromatic carbocycles. The zero-order chi connectivity index (χ0) is 14.5. The Morgan fingerprint density at radius 3 is 2.30 bits per heavy atom. The molecular formula is C17H19NO2. The standard InChI is InChI=1S/C17H19NO2/c1-13-7-3-6-10-16(13)18(2)12-15-9-5-4-8-14(15)11-17(19)20/h3-10H,11-12H2,1-2H3,(H,19,20). The number of hydrogen-bond donors (Lipinski definition) is 1. The van der Waals surface area contributed by atoms with Gasteiger partial charge >= 0.3 is 5.97 Å². The number of aliphatic carboxylic acids is 1. The third-order valence-electron chi connectivity index (χ3n) is 3.39. The predicted molar refractivity (Wildman–Crippen MR) is 81.1 cm³/mol. The Balaban J connectivity index is 2.22. The minimum Gasteiger partial charge on any atom is -0.481 e. The summed E-state index contributed by atoms with van der Waals surface area (Å²) < 4.78 is 0. The second-order valence-corrected chi connectivity index (χ2v) is 4.98. The van der Waals surface area contributed by atoms with Gasteiger partial charge in [0.1, 0.15) is 0 Å². The maximum Gasteiger partial charge on any atom is 0.307 e. The van der Waals surface area contributed by atoms with Crippen molar-refractivity contribution in [3.05, 3.63) is 65.2 Å². The molecular weight excluding hydrogens is 250 g/mol. The van der Waals surface area contributed by atoms with Crippen molar-refractivity contribution >= 4 is 11.7 Å². The van der Waals surface area contributed by atoms with E-state index < -0.39 is 5.97 Å². The third kappa shape index (κ3) is 3.38. The number of carboxylic acids is 1. The smallest absolute Gasteiger partial charge is 0.307 e. The van der Waals surface area contributed by atoms with Gasteiger partial charge in [0.25, 0.3) is 0 Å². The Morgan fingerprint density at radius 1 is 1.05 bits per heavy atom. The quantitative estimate of drug-likeness (QED) is 0.905. The molecule has 0 bridgehead atoms. The van der Waals surface area contributed by atoms with Gasteiger partial charge in [0.05, 0.1) is 6.42 Å². The molecule has 0 saturated carbocycles. The van der Waals surface area contributed by atoms with Crippen LogP contribution in [-0.2, 0) is 17.8 Å². The van der Waals surface area contributed by atoms with Crippen LogP contribution in [0.2, 0.25) is 0 Å². The average Bonchev–Trinajstić information content (AvgIpc) is 2.41. The fraction of sp³-hybridized carbons (Fsp3) is 0.235. The van der Waals surface area contributed by atoms with Crippen molar-refractivity contribution < 1.29 is 9.90 Å². The highest BCUT2D eigenvalue weighted by atomic mass is 16.4. The van der Waals surface area contributed by atoms with Gasteiger partial charge in [-0.2, -0.15) is 0 Å². The summed E-state index contributed by atoms with van der Waals surface area (Å²) in [6.07, 6.45) is 0.0672. The number of anilines is 1. The number of benzene rings is 2. The van der Waals surface area contributed by atoms with Crippen LogP contribution in [-0.4, -0.2) is 18.1 Å². The van der Waals surface area contributed by atoms with Crippen LogP contribution >= 0.6 is 0 Å². The number of aryl methyl sites for hydroxylation is 1. The van der Waals surface area contributed by atoms with Crippen LogP contribution in [0.25, 0.3) is 0 Å². The molecule has 0 aliphatic carbocycles. The van der Waals surface area contributed by atoms with Gasteiger partial charge in [0, 0.05) is 19.3 Å². The van der Waals surface area contributed by atoms with Crippen LogP contribution in [0, 0.1) is 6.92 Å². The van der Waals surface area contributed by atoms with Crippen molar-refractivity contribution in [2.24, 2.45) is 0 Å². The summed E-state index contributed by atoms with van der Waals surface area (Å²) >= 11 is 0. The Kier molecular flexibility index (Phi) is 4.41. The monoisotopic (exact) mass is 269 g/mol. The summed E-state index contributed by atoms with van der Waals surface area (Å²) in [6.45, 7) is 2.78. The van der Waals surface area contributed by atoms with E-state index in [2.05, 4.69) is 24.0 Å². The zero-order valence-electron chi connectivity index (χ0n) is 11.8. The minimum absolute atomic E-state index is 0.0672. The summed E-state index contributed by atoms with van der Waals surface area (Å²) in [6, 6.07) is 15.9. The van der Waals surface area contributed by atoms with Crippen LogP contribution in [0.4, 0.5) is 5.69 Å². The molecule has 3 nitrogen and oxygen atoms in total. The van der Waals surface area contributed by atoms with Crippen LogP contribution in [0.5, 0.6) is 0 Å². The Bertz CT molecular complexity index is 607. The van der Waals surface area contributed by atoms with Crippen molar-refractivity contribution in [1.82, 2.24) is 0 Å². The van der Waals surface area contributed by atoms with Gasteiger partial charge < -0.3 is 10.0 Å². The topological polar surface area (TPSA) is 40.5 Å². The molecule has 0 aromatic heterocycles. The van der Waals surface area contributed by atoms with E-state index in [1.165, 1.54) is 5.56 Å². The number of carbonyl (C=O) groups is 1. The highest BCUT2D eigenvalue weighted by Gasteiger charge is 2.10. The van der Waals surface area contributed by atoms with E-state index in [1.54, 1.807) is 0 Å². The summed E-state index contributed by atoms with van der Waals surface area (Å²) in [5.74, 6) is -0.795. The molecule has 2 aromatic rings. The molecule has 2 rings (SSSR count). The average molecular weight is 269 g/mol. The van der Waals surface area contributed by atoms with Crippen molar-refractivity contribution in [3.8, 4) is 0 Å². The first kappa shape index (κ1) is 14.1. The van der Waals surface area contributed by atoms with Gasteiger partial charge in [-0.3, -0.25) is 4.79 Å². The lowest BCUT2D eigenvalue weighted by Crippen LogP contribution is -2.19.